The van der Waals surface area contributed by atoms with Gasteiger partial charge < -0.3 is 11.1 Å². The summed E-state index contributed by atoms with van der Waals surface area (Å²) in [6, 6.07) is 9.57. The van der Waals surface area contributed by atoms with Gasteiger partial charge in [0.1, 0.15) is 11.0 Å². The summed E-state index contributed by atoms with van der Waals surface area (Å²) in [5.41, 5.74) is 9.66. The Labute approximate surface area is 106 Å². The van der Waals surface area contributed by atoms with Crippen molar-refractivity contribution in [3.05, 3.63) is 46.6 Å². The molecule has 0 spiro atoms. The summed E-state index contributed by atoms with van der Waals surface area (Å²) in [5, 5.41) is 3.61. The quantitative estimate of drug-likeness (QED) is 0.796. The molecule has 3 nitrogen and oxygen atoms in total. The number of halogens is 1. The van der Waals surface area contributed by atoms with Gasteiger partial charge in [0.15, 0.2) is 0 Å². The predicted molar refractivity (Wildman–Crippen MR) is 72.9 cm³/mol. The van der Waals surface area contributed by atoms with E-state index in [2.05, 4.69) is 28.5 Å². The van der Waals surface area contributed by atoms with Crippen molar-refractivity contribution < 1.29 is 0 Å². The number of nitrogens with two attached hydrogens (primary N) is 1. The van der Waals surface area contributed by atoms with Crippen molar-refractivity contribution in [3.63, 3.8) is 0 Å². The Hall–Kier alpha value is -1.74. The Kier molecular flexibility index (Phi) is 3.20. The Morgan fingerprint density at radius 2 is 1.94 bits per heavy atom. The number of hydrogen-bond donors (Lipinski definition) is 2. The third-order valence-electron chi connectivity index (χ3n) is 2.47. The fourth-order valence-electron chi connectivity index (χ4n) is 1.59. The number of hydrogen-bond acceptors (Lipinski definition) is 3. The second-order valence-electron chi connectivity index (χ2n) is 4.05. The first-order valence-electron chi connectivity index (χ1n) is 5.32. The second kappa shape index (κ2) is 4.63. The molecule has 1 heterocycles. The molecule has 0 aliphatic carbocycles. The van der Waals surface area contributed by atoms with Crippen LogP contribution < -0.4 is 11.1 Å². The minimum atomic E-state index is 0.387. The zero-order chi connectivity index (χ0) is 12.4. The fraction of sp³-hybridized carbons (Fsp3) is 0.154. The Morgan fingerprint density at radius 1 is 1.18 bits per heavy atom. The number of rotatable bonds is 2. The van der Waals surface area contributed by atoms with Crippen molar-refractivity contribution in [2.24, 2.45) is 0 Å². The summed E-state index contributed by atoms with van der Waals surface area (Å²) >= 11 is 5.86. The van der Waals surface area contributed by atoms with Crippen LogP contribution in [0.15, 0.2) is 30.3 Å². The van der Waals surface area contributed by atoms with Crippen LogP contribution in [-0.2, 0) is 0 Å². The van der Waals surface area contributed by atoms with Gasteiger partial charge in [-0.25, -0.2) is 4.98 Å². The maximum absolute atomic E-state index is 5.86. The van der Waals surface area contributed by atoms with Gasteiger partial charge in [-0.2, -0.15) is 0 Å². The molecule has 0 unspecified atom stereocenters. The Morgan fingerprint density at radius 3 is 2.65 bits per heavy atom. The lowest BCUT2D eigenvalue weighted by atomic mass is 10.1. The molecule has 0 saturated heterocycles. The topological polar surface area (TPSA) is 50.9 Å². The molecule has 3 N–H and O–H groups in total. The van der Waals surface area contributed by atoms with Crippen molar-refractivity contribution in [2.45, 2.75) is 13.8 Å². The molecule has 0 aliphatic rings. The molecule has 2 aromatic rings. The highest BCUT2D eigenvalue weighted by molar-refractivity contribution is 6.29. The third kappa shape index (κ3) is 2.88. The van der Waals surface area contributed by atoms with E-state index < -0.39 is 0 Å². The molecule has 0 aliphatic heterocycles. The number of nitrogen functional groups attached to an aromatic ring is 1. The molecule has 0 fully saturated rings. The second-order valence-corrected chi connectivity index (χ2v) is 4.44. The molecule has 0 saturated carbocycles. The van der Waals surface area contributed by atoms with Crippen LogP contribution in [-0.4, -0.2) is 4.98 Å². The SMILES string of the molecule is Cc1ccc(C)c(Nc2cc(N)cc(Cl)n2)c1. The van der Waals surface area contributed by atoms with Gasteiger partial charge in [-0.1, -0.05) is 23.7 Å². The molecule has 0 atom stereocenters. The average molecular weight is 248 g/mol. The average Bonchev–Trinajstić information content (AvgIpc) is 2.22. The predicted octanol–water partition coefficient (Wildman–Crippen LogP) is 3.68. The first kappa shape index (κ1) is 11.7. The number of nitrogens with zero attached hydrogens (tertiary/aromatic N) is 1. The summed E-state index contributed by atoms with van der Waals surface area (Å²) < 4.78 is 0. The number of nitrogens with one attached hydrogen (secondary N) is 1. The molecular formula is C13H14ClN3. The largest absolute Gasteiger partial charge is 0.399 e. The lowest BCUT2D eigenvalue weighted by Gasteiger charge is -2.10. The third-order valence-corrected chi connectivity index (χ3v) is 2.67. The van der Waals surface area contributed by atoms with E-state index in [9.17, 15) is 0 Å². The van der Waals surface area contributed by atoms with E-state index in [4.69, 9.17) is 17.3 Å². The number of benzene rings is 1. The van der Waals surface area contributed by atoms with E-state index >= 15 is 0 Å². The van der Waals surface area contributed by atoms with Gasteiger partial charge in [0.25, 0.3) is 0 Å². The zero-order valence-electron chi connectivity index (χ0n) is 9.79. The highest BCUT2D eigenvalue weighted by atomic mass is 35.5. The molecule has 0 bridgehead atoms. The maximum Gasteiger partial charge on any atom is 0.134 e. The standard InChI is InChI=1S/C13H14ClN3/c1-8-3-4-9(2)11(5-8)16-13-7-10(15)6-12(14)17-13/h3-7H,1-2H3,(H3,15,16,17). The summed E-state index contributed by atoms with van der Waals surface area (Å²) in [6.45, 7) is 4.08. The van der Waals surface area contributed by atoms with E-state index in [0.717, 1.165) is 11.3 Å². The van der Waals surface area contributed by atoms with Gasteiger partial charge in [-0.15, -0.1) is 0 Å². The summed E-state index contributed by atoms with van der Waals surface area (Å²) in [4.78, 5) is 4.17. The molecule has 0 radical (unpaired) electrons. The summed E-state index contributed by atoms with van der Waals surface area (Å²) in [6.07, 6.45) is 0. The number of pyridine rings is 1. The van der Waals surface area contributed by atoms with Gasteiger partial charge in [-0.05, 0) is 37.1 Å². The first-order valence-corrected chi connectivity index (χ1v) is 5.70. The van der Waals surface area contributed by atoms with Crippen LogP contribution in [0.4, 0.5) is 17.2 Å². The van der Waals surface area contributed by atoms with E-state index in [0.29, 0.717) is 16.7 Å². The molecule has 1 aromatic carbocycles. The van der Waals surface area contributed by atoms with Gasteiger partial charge >= 0.3 is 0 Å². The molecule has 88 valence electrons. The molecule has 17 heavy (non-hydrogen) atoms. The Bertz CT molecular complexity index is 532. The van der Waals surface area contributed by atoms with Crippen LogP contribution >= 0.6 is 11.6 Å². The van der Waals surface area contributed by atoms with Crippen LogP contribution in [0.2, 0.25) is 5.15 Å². The molecule has 4 heteroatoms. The highest BCUT2D eigenvalue weighted by Gasteiger charge is 2.02. The van der Waals surface area contributed by atoms with E-state index in [1.807, 2.05) is 13.8 Å². The minimum Gasteiger partial charge on any atom is -0.399 e. The van der Waals surface area contributed by atoms with Crippen LogP contribution in [0.3, 0.4) is 0 Å². The molecule has 2 rings (SSSR count). The number of aromatic nitrogens is 1. The van der Waals surface area contributed by atoms with E-state index in [-0.39, 0.29) is 0 Å². The number of aryl methyl sites for hydroxylation is 2. The van der Waals surface area contributed by atoms with Crippen molar-refractivity contribution in [1.29, 1.82) is 0 Å². The van der Waals surface area contributed by atoms with Crippen molar-refractivity contribution in [3.8, 4) is 0 Å². The van der Waals surface area contributed by atoms with Crippen molar-refractivity contribution in [2.75, 3.05) is 11.1 Å². The number of anilines is 3. The monoisotopic (exact) mass is 247 g/mol. The van der Waals surface area contributed by atoms with Gasteiger partial charge in [0, 0.05) is 17.4 Å². The lowest BCUT2D eigenvalue weighted by molar-refractivity contribution is 1.29. The lowest BCUT2D eigenvalue weighted by Crippen LogP contribution is -1.98. The van der Waals surface area contributed by atoms with Gasteiger partial charge in [-0.3, -0.25) is 0 Å². The highest BCUT2D eigenvalue weighted by Crippen LogP contribution is 2.23. The van der Waals surface area contributed by atoms with Crippen LogP contribution in [0.5, 0.6) is 0 Å². The first-order chi connectivity index (χ1) is 8.04. The van der Waals surface area contributed by atoms with Crippen LogP contribution in [0.25, 0.3) is 0 Å². The maximum atomic E-state index is 5.86. The smallest absolute Gasteiger partial charge is 0.134 e. The summed E-state index contributed by atoms with van der Waals surface area (Å²) in [7, 11) is 0. The fourth-order valence-corrected chi connectivity index (χ4v) is 1.81. The van der Waals surface area contributed by atoms with Crippen LogP contribution in [0.1, 0.15) is 11.1 Å². The Balaban J connectivity index is 2.34. The summed E-state index contributed by atoms with van der Waals surface area (Å²) in [5.74, 6) is 0.656. The van der Waals surface area contributed by atoms with Crippen molar-refractivity contribution in [1.82, 2.24) is 4.98 Å². The van der Waals surface area contributed by atoms with E-state index in [1.54, 1.807) is 12.1 Å². The van der Waals surface area contributed by atoms with E-state index in [1.165, 1.54) is 5.56 Å². The zero-order valence-corrected chi connectivity index (χ0v) is 10.5. The van der Waals surface area contributed by atoms with Gasteiger partial charge in [0.05, 0.1) is 0 Å². The normalized spacial score (nSPS) is 10.3. The molecule has 1 aromatic heterocycles. The van der Waals surface area contributed by atoms with Crippen molar-refractivity contribution >= 4 is 28.8 Å². The van der Waals surface area contributed by atoms with Gasteiger partial charge in [0.2, 0.25) is 0 Å². The van der Waals surface area contributed by atoms with Crippen LogP contribution in [0, 0.1) is 13.8 Å². The molecule has 0 amide bonds. The minimum absolute atomic E-state index is 0.387. The molecular weight excluding hydrogens is 234 g/mol.